The van der Waals surface area contributed by atoms with E-state index in [4.69, 9.17) is 0 Å². The summed E-state index contributed by atoms with van der Waals surface area (Å²) < 4.78 is 28.3. The van der Waals surface area contributed by atoms with Gasteiger partial charge in [-0.05, 0) is 13.3 Å². The Hall–Kier alpha value is -2.20. The molecule has 3 N–H and O–H groups in total. The number of nitrogens with one attached hydrogen (secondary N) is 3. The minimum absolute atomic E-state index is 0.00543. The van der Waals surface area contributed by atoms with Crippen molar-refractivity contribution in [2.45, 2.75) is 24.8 Å². The lowest BCUT2D eigenvalue weighted by Gasteiger charge is -2.08. The van der Waals surface area contributed by atoms with Gasteiger partial charge in [-0.25, -0.2) is 22.9 Å². The van der Waals surface area contributed by atoms with Crippen molar-refractivity contribution in [3.8, 4) is 0 Å². The van der Waals surface area contributed by atoms with Crippen LogP contribution >= 0.6 is 0 Å². The molecule has 2 heterocycles. The fourth-order valence-corrected chi connectivity index (χ4v) is 3.18. The zero-order valence-corrected chi connectivity index (χ0v) is 12.1. The van der Waals surface area contributed by atoms with Gasteiger partial charge in [-0.15, -0.1) is 0 Å². The second kappa shape index (κ2) is 6.06. The van der Waals surface area contributed by atoms with Crippen molar-refractivity contribution in [2.24, 2.45) is 0 Å². The number of nitrogens with zero attached hydrogens (tertiary/aromatic N) is 2. The molecule has 21 heavy (non-hydrogen) atoms. The van der Waals surface area contributed by atoms with Crippen LogP contribution in [0.25, 0.3) is 0 Å². The average molecular weight is 313 g/mol. The number of H-pyrrole nitrogens is 2. The van der Waals surface area contributed by atoms with Gasteiger partial charge in [0.2, 0.25) is 10.0 Å². The molecule has 0 bridgehead atoms. The fraction of sp³-hybridized carbons (Fsp3) is 0.364. The summed E-state index contributed by atoms with van der Waals surface area (Å²) in [5.74, 6) is 0. The van der Waals surface area contributed by atoms with Gasteiger partial charge in [0.05, 0.1) is 6.33 Å². The van der Waals surface area contributed by atoms with Gasteiger partial charge in [0.1, 0.15) is 0 Å². The molecule has 2 aromatic rings. The molecule has 0 amide bonds. The number of sulfonamides is 1. The van der Waals surface area contributed by atoms with Crippen molar-refractivity contribution in [1.82, 2.24) is 24.2 Å². The van der Waals surface area contributed by atoms with E-state index in [-0.39, 0.29) is 12.2 Å². The van der Waals surface area contributed by atoms with Crippen molar-refractivity contribution in [3.63, 3.8) is 0 Å². The van der Waals surface area contributed by atoms with Gasteiger partial charge >= 0.3 is 5.69 Å². The molecule has 0 saturated heterocycles. The van der Waals surface area contributed by atoms with Crippen LogP contribution in [0.2, 0.25) is 0 Å². The molecule has 0 unspecified atom stereocenters. The van der Waals surface area contributed by atoms with Gasteiger partial charge in [0.25, 0.3) is 5.56 Å². The molecule has 0 aliphatic carbocycles. The van der Waals surface area contributed by atoms with Crippen molar-refractivity contribution in [1.29, 1.82) is 0 Å². The van der Waals surface area contributed by atoms with Gasteiger partial charge in [-0.2, -0.15) is 0 Å². The van der Waals surface area contributed by atoms with E-state index in [1.165, 1.54) is 6.92 Å². The summed E-state index contributed by atoms with van der Waals surface area (Å²) in [7, 11) is -3.97. The third kappa shape index (κ3) is 3.67. The topological polar surface area (TPSA) is 130 Å². The quantitative estimate of drug-likeness (QED) is 0.585. The maximum Gasteiger partial charge on any atom is 0.325 e. The smallest absolute Gasteiger partial charge is 0.325 e. The largest absolute Gasteiger partial charge is 0.337 e. The predicted molar refractivity (Wildman–Crippen MR) is 74.5 cm³/mol. The van der Waals surface area contributed by atoms with Crippen molar-refractivity contribution in [2.75, 3.05) is 6.54 Å². The number of aromatic nitrogens is 4. The summed E-state index contributed by atoms with van der Waals surface area (Å²) >= 11 is 0. The summed E-state index contributed by atoms with van der Waals surface area (Å²) in [5, 5.41) is 0. The molecule has 0 aliphatic heterocycles. The Morgan fingerprint density at radius 3 is 2.71 bits per heavy atom. The van der Waals surface area contributed by atoms with E-state index in [0.29, 0.717) is 13.0 Å². The molecule has 0 fully saturated rings. The van der Waals surface area contributed by atoms with E-state index in [9.17, 15) is 18.0 Å². The van der Waals surface area contributed by atoms with Gasteiger partial charge in [0.15, 0.2) is 4.90 Å². The second-order valence-electron chi connectivity index (χ2n) is 4.41. The Morgan fingerprint density at radius 2 is 2.10 bits per heavy atom. The summed E-state index contributed by atoms with van der Waals surface area (Å²) in [5.41, 5.74) is -1.67. The third-order valence-electron chi connectivity index (χ3n) is 2.79. The normalized spacial score (nSPS) is 11.7. The summed E-state index contributed by atoms with van der Waals surface area (Å²) in [4.78, 5) is 30.2. The first-order valence-electron chi connectivity index (χ1n) is 6.19. The van der Waals surface area contributed by atoms with Gasteiger partial charge in [0, 0.05) is 31.2 Å². The first-order chi connectivity index (χ1) is 9.90. The molecular formula is C11H15N5O4S. The summed E-state index contributed by atoms with van der Waals surface area (Å²) in [6.07, 6.45) is 5.57. The van der Waals surface area contributed by atoms with E-state index in [1.54, 1.807) is 18.7 Å². The molecule has 0 saturated carbocycles. The molecule has 114 valence electrons. The van der Waals surface area contributed by atoms with Crippen LogP contribution in [0.1, 0.15) is 12.1 Å². The van der Waals surface area contributed by atoms with Crippen LogP contribution in [0.15, 0.2) is 33.2 Å². The molecule has 0 atom stereocenters. The van der Waals surface area contributed by atoms with Crippen molar-refractivity contribution >= 4 is 10.0 Å². The Labute approximate surface area is 120 Å². The zero-order valence-electron chi connectivity index (χ0n) is 11.3. The minimum Gasteiger partial charge on any atom is -0.337 e. The highest BCUT2D eigenvalue weighted by atomic mass is 32.2. The molecule has 2 aromatic heterocycles. The van der Waals surface area contributed by atoms with Crippen molar-refractivity contribution in [3.05, 3.63) is 45.3 Å². The van der Waals surface area contributed by atoms with E-state index in [0.717, 1.165) is 0 Å². The highest BCUT2D eigenvalue weighted by molar-refractivity contribution is 7.89. The monoisotopic (exact) mass is 313 g/mol. The maximum atomic E-state index is 12.1. The molecule has 0 aliphatic rings. The van der Waals surface area contributed by atoms with Gasteiger partial charge in [-0.3, -0.25) is 9.78 Å². The number of hydrogen-bond acceptors (Lipinski definition) is 5. The average Bonchev–Trinajstić information content (AvgIpc) is 2.86. The van der Waals surface area contributed by atoms with Crippen molar-refractivity contribution < 1.29 is 8.42 Å². The highest BCUT2D eigenvalue weighted by Crippen LogP contribution is 2.04. The lowest BCUT2D eigenvalue weighted by Crippen LogP contribution is -2.35. The number of hydrogen-bond donors (Lipinski definition) is 3. The van der Waals surface area contributed by atoms with Crippen LogP contribution in [0.4, 0.5) is 0 Å². The summed E-state index contributed by atoms with van der Waals surface area (Å²) in [6.45, 7) is 2.12. The lowest BCUT2D eigenvalue weighted by atomic mass is 10.4. The first-order valence-corrected chi connectivity index (χ1v) is 7.67. The van der Waals surface area contributed by atoms with Crippen LogP contribution in [0.3, 0.4) is 0 Å². The molecule has 0 aromatic carbocycles. The number of imidazole rings is 1. The predicted octanol–water partition coefficient (Wildman–Crippen LogP) is -1.06. The van der Waals surface area contributed by atoms with E-state index in [1.807, 2.05) is 9.55 Å². The van der Waals surface area contributed by atoms with Gasteiger partial charge < -0.3 is 9.55 Å². The third-order valence-corrected chi connectivity index (χ3v) is 4.40. The SMILES string of the molecule is Cc1[nH]c(=O)[nH]c(=O)c1S(=O)(=O)NCCCn1ccnc1. The van der Waals surface area contributed by atoms with Crippen LogP contribution in [0, 0.1) is 6.92 Å². The number of aromatic amines is 2. The Bertz CT molecular complexity index is 819. The highest BCUT2D eigenvalue weighted by Gasteiger charge is 2.21. The second-order valence-corrected chi connectivity index (χ2v) is 6.12. The molecule has 0 spiro atoms. The molecular weight excluding hydrogens is 298 g/mol. The lowest BCUT2D eigenvalue weighted by molar-refractivity contribution is 0.567. The van der Waals surface area contributed by atoms with Crippen LogP contribution in [-0.4, -0.2) is 34.5 Å². The van der Waals surface area contributed by atoms with Gasteiger partial charge in [-0.1, -0.05) is 0 Å². The Balaban J connectivity index is 2.05. The van der Waals surface area contributed by atoms with E-state index < -0.39 is 26.2 Å². The number of rotatable bonds is 6. The molecule has 9 nitrogen and oxygen atoms in total. The maximum absolute atomic E-state index is 12.1. The van der Waals surface area contributed by atoms with Crippen LogP contribution in [0.5, 0.6) is 0 Å². The molecule has 10 heteroatoms. The first kappa shape index (κ1) is 15.2. The minimum atomic E-state index is -3.97. The van der Waals surface area contributed by atoms with E-state index >= 15 is 0 Å². The van der Waals surface area contributed by atoms with E-state index in [2.05, 4.69) is 14.7 Å². The Morgan fingerprint density at radius 1 is 1.33 bits per heavy atom. The standard InChI is InChI=1S/C11H15N5O4S/c1-8-9(10(17)15-11(18)14-8)21(19,20)13-3-2-5-16-6-4-12-7-16/h4,6-7,13H,2-3,5H2,1H3,(H2,14,15,17,18). The molecule has 2 rings (SSSR count). The Kier molecular flexibility index (Phi) is 4.38. The fourth-order valence-electron chi connectivity index (χ4n) is 1.87. The number of aryl methyl sites for hydroxylation is 2. The zero-order chi connectivity index (χ0) is 15.5. The van der Waals surface area contributed by atoms with Crippen LogP contribution < -0.4 is 16.0 Å². The van der Waals surface area contributed by atoms with Crippen LogP contribution in [-0.2, 0) is 16.6 Å². The summed E-state index contributed by atoms with van der Waals surface area (Å²) in [6, 6.07) is 0. The molecule has 0 radical (unpaired) electrons.